The summed E-state index contributed by atoms with van der Waals surface area (Å²) in [6.07, 6.45) is 3.39. The van der Waals surface area contributed by atoms with Crippen molar-refractivity contribution in [2.45, 2.75) is 6.92 Å². The van der Waals surface area contributed by atoms with E-state index >= 15 is 0 Å². The minimum absolute atomic E-state index is 0.0630. The first-order chi connectivity index (χ1) is 6.18. The molecule has 0 radical (unpaired) electrons. The van der Waals surface area contributed by atoms with Gasteiger partial charge in [0.25, 0.3) is 0 Å². The Kier molecular flexibility index (Phi) is 2.07. The standard InChI is InChI=1S/C9H6INO2/c1-5(12)8-2-6-3-11-4-7(10)9(6)13-8/h2-4H,1H3. The van der Waals surface area contributed by atoms with E-state index in [0.29, 0.717) is 5.76 Å². The lowest BCUT2D eigenvalue weighted by Gasteiger charge is -1.89. The Morgan fingerprint density at radius 2 is 2.31 bits per heavy atom. The van der Waals surface area contributed by atoms with Crippen LogP contribution in [0.15, 0.2) is 22.9 Å². The molecule has 0 saturated carbocycles. The number of furan rings is 1. The SMILES string of the molecule is CC(=O)c1cc2cncc(I)c2o1. The molecular weight excluding hydrogens is 281 g/mol. The predicted molar refractivity (Wildman–Crippen MR) is 56.7 cm³/mol. The van der Waals surface area contributed by atoms with E-state index in [1.165, 1.54) is 6.92 Å². The molecule has 0 spiro atoms. The van der Waals surface area contributed by atoms with Crippen molar-refractivity contribution in [2.24, 2.45) is 0 Å². The van der Waals surface area contributed by atoms with E-state index in [1.54, 1.807) is 18.5 Å². The Labute approximate surface area is 88.3 Å². The summed E-state index contributed by atoms with van der Waals surface area (Å²) in [4.78, 5) is 15.0. The fraction of sp³-hybridized carbons (Fsp3) is 0.111. The fourth-order valence-electron chi connectivity index (χ4n) is 1.10. The Morgan fingerprint density at radius 3 is 2.92 bits per heavy atom. The van der Waals surface area contributed by atoms with Gasteiger partial charge in [-0.15, -0.1) is 0 Å². The van der Waals surface area contributed by atoms with Crippen molar-refractivity contribution in [2.75, 3.05) is 0 Å². The van der Waals surface area contributed by atoms with Crippen molar-refractivity contribution in [3.8, 4) is 0 Å². The first-order valence-corrected chi connectivity index (χ1v) is 4.80. The minimum Gasteiger partial charge on any atom is -0.452 e. The summed E-state index contributed by atoms with van der Waals surface area (Å²) < 4.78 is 6.28. The molecule has 0 bridgehead atoms. The molecular formula is C9H6INO2. The summed E-state index contributed by atoms with van der Waals surface area (Å²) in [5, 5.41) is 0.872. The predicted octanol–water partition coefficient (Wildman–Crippen LogP) is 2.64. The first kappa shape index (κ1) is 8.68. The second-order valence-electron chi connectivity index (χ2n) is 2.71. The zero-order valence-corrected chi connectivity index (χ0v) is 9.03. The van der Waals surface area contributed by atoms with Gasteiger partial charge in [0.1, 0.15) is 0 Å². The number of aromatic nitrogens is 1. The van der Waals surface area contributed by atoms with Crippen molar-refractivity contribution in [1.29, 1.82) is 0 Å². The van der Waals surface area contributed by atoms with Gasteiger partial charge in [0.15, 0.2) is 17.1 Å². The van der Waals surface area contributed by atoms with Crippen molar-refractivity contribution < 1.29 is 9.21 Å². The van der Waals surface area contributed by atoms with Gasteiger partial charge >= 0.3 is 0 Å². The van der Waals surface area contributed by atoms with E-state index in [9.17, 15) is 4.79 Å². The van der Waals surface area contributed by atoms with Crippen molar-refractivity contribution in [3.05, 3.63) is 27.8 Å². The van der Waals surface area contributed by atoms with Gasteiger partial charge in [-0.2, -0.15) is 0 Å². The Hall–Kier alpha value is -0.910. The zero-order valence-electron chi connectivity index (χ0n) is 6.87. The van der Waals surface area contributed by atoms with Gasteiger partial charge in [-0.1, -0.05) is 0 Å². The molecule has 0 aliphatic carbocycles. The van der Waals surface area contributed by atoms with Crippen LogP contribution in [-0.2, 0) is 0 Å². The van der Waals surface area contributed by atoms with Gasteiger partial charge in [-0.05, 0) is 28.7 Å². The molecule has 66 valence electrons. The number of ketones is 1. The Bertz CT molecular complexity index is 475. The van der Waals surface area contributed by atoms with Crippen LogP contribution in [0, 0.1) is 3.57 Å². The summed E-state index contributed by atoms with van der Waals surface area (Å²) in [6.45, 7) is 1.48. The van der Waals surface area contributed by atoms with E-state index in [4.69, 9.17) is 4.42 Å². The second-order valence-corrected chi connectivity index (χ2v) is 3.87. The normalized spacial score (nSPS) is 10.6. The van der Waals surface area contributed by atoms with E-state index in [1.807, 2.05) is 0 Å². The van der Waals surface area contributed by atoms with Crippen LogP contribution in [-0.4, -0.2) is 10.8 Å². The molecule has 0 fully saturated rings. The summed E-state index contributed by atoms with van der Waals surface area (Å²) in [6, 6.07) is 1.72. The van der Waals surface area contributed by atoms with E-state index in [0.717, 1.165) is 14.5 Å². The molecule has 13 heavy (non-hydrogen) atoms. The highest BCUT2D eigenvalue weighted by Crippen LogP contribution is 2.23. The van der Waals surface area contributed by atoms with Gasteiger partial charge in [0.2, 0.25) is 0 Å². The number of hydrogen-bond donors (Lipinski definition) is 0. The summed E-state index contributed by atoms with van der Waals surface area (Å²) in [5.74, 6) is 0.327. The van der Waals surface area contributed by atoms with Crippen LogP contribution in [0.5, 0.6) is 0 Å². The molecule has 0 aromatic carbocycles. The number of pyridine rings is 1. The topological polar surface area (TPSA) is 43.1 Å². The number of carbonyl (C=O) groups is 1. The highest BCUT2D eigenvalue weighted by Gasteiger charge is 2.09. The van der Waals surface area contributed by atoms with Crippen molar-refractivity contribution >= 4 is 39.3 Å². The number of fused-ring (bicyclic) bond motifs is 1. The molecule has 0 unspecified atom stereocenters. The smallest absolute Gasteiger partial charge is 0.194 e. The van der Waals surface area contributed by atoms with Crippen LogP contribution < -0.4 is 0 Å². The quantitative estimate of drug-likeness (QED) is 0.598. The molecule has 2 aromatic heterocycles. The molecule has 0 atom stereocenters. The molecule has 0 N–H and O–H groups in total. The van der Waals surface area contributed by atoms with Gasteiger partial charge < -0.3 is 4.42 Å². The van der Waals surface area contributed by atoms with Gasteiger partial charge in [-0.3, -0.25) is 9.78 Å². The number of halogens is 1. The molecule has 0 aliphatic heterocycles. The van der Waals surface area contributed by atoms with Crippen LogP contribution >= 0.6 is 22.6 Å². The number of hydrogen-bond acceptors (Lipinski definition) is 3. The maximum absolute atomic E-state index is 11.0. The van der Waals surface area contributed by atoms with E-state index < -0.39 is 0 Å². The van der Waals surface area contributed by atoms with Crippen molar-refractivity contribution in [1.82, 2.24) is 4.98 Å². The fourth-order valence-corrected chi connectivity index (χ4v) is 1.69. The largest absolute Gasteiger partial charge is 0.452 e. The number of carbonyl (C=O) groups excluding carboxylic acids is 1. The molecule has 2 rings (SSSR count). The molecule has 4 heteroatoms. The van der Waals surface area contributed by atoms with Crippen LogP contribution in [0.1, 0.15) is 17.5 Å². The second kappa shape index (κ2) is 3.10. The van der Waals surface area contributed by atoms with Gasteiger partial charge in [-0.25, -0.2) is 0 Å². The zero-order chi connectivity index (χ0) is 9.42. The summed E-state index contributed by atoms with van der Waals surface area (Å²) in [7, 11) is 0. The average molecular weight is 287 g/mol. The summed E-state index contributed by atoms with van der Waals surface area (Å²) >= 11 is 2.13. The molecule has 2 heterocycles. The average Bonchev–Trinajstić information content (AvgIpc) is 2.49. The number of Topliss-reactive ketones (excluding diaryl/α,β-unsaturated/α-hetero) is 1. The van der Waals surface area contributed by atoms with Crippen LogP contribution in [0.25, 0.3) is 11.0 Å². The first-order valence-electron chi connectivity index (χ1n) is 3.72. The third-order valence-corrected chi connectivity index (χ3v) is 2.49. The summed E-state index contributed by atoms with van der Waals surface area (Å²) in [5.41, 5.74) is 0.737. The van der Waals surface area contributed by atoms with E-state index in [-0.39, 0.29) is 5.78 Å². The van der Waals surface area contributed by atoms with E-state index in [2.05, 4.69) is 27.6 Å². The third-order valence-electron chi connectivity index (χ3n) is 1.73. The molecule has 2 aromatic rings. The Balaban J connectivity index is 2.75. The maximum atomic E-state index is 11.0. The third kappa shape index (κ3) is 1.46. The van der Waals surface area contributed by atoms with Crippen LogP contribution in [0.4, 0.5) is 0 Å². The lowest BCUT2D eigenvalue weighted by atomic mass is 10.3. The number of rotatable bonds is 1. The lowest BCUT2D eigenvalue weighted by molar-refractivity contribution is 0.0989. The van der Waals surface area contributed by atoms with Gasteiger partial charge in [0, 0.05) is 24.7 Å². The highest BCUT2D eigenvalue weighted by molar-refractivity contribution is 14.1. The van der Waals surface area contributed by atoms with Gasteiger partial charge in [0.05, 0.1) is 3.57 Å². The maximum Gasteiger partial charge on any atom is 0.194 e. The number of nitrogens with zero attached hydrogens (tertiary/aromatic N) is 1. The lowest BCUT2D eigenvalue weighted by Crippen LogP contribution is -1.85. The van der Waals surface area contributed by atoms with Crippen LogP contribution in [0.2, 0.25) is 0 Å². The molecule has 3 nitrogen and oxygen atoms in total. The molecule has 0 aliphatic rings. The minimum atomic E-state index is -0.0630. The molecule has 0 amide bonds. The van der Waals surface area contributed by atoms with Crippen molar-refractivity contribution in [3.63, 3.8) is 0 Å². The monoisotopic (exact) mass is 287 g/mol. The Morgan fingerprint density at radius 1 is 1.54 bits per heavy atom. The van der Waals surface area contributed by atoms with Crippen LogP contribution in [0.3, 0.4) is 0 Å². The highest BCUT2D eigenvalue weighted by atomic mass is 127. The molecule has 0 saturated heterocycles.